The molecular formula is C20H23N5O2S. The van der Waals surface area contributed by atoms with Gasteiger partial charge in [-0.05, 0) is 43.7 Å². The van der Waals surface area contributed by atoms with Crippen LogP contribution >= 0.6 is 11.8 Å². The van der Waals surface area contributed by atoms with E-state index in [1.54, 1.807) is 4.68 Å². The molecule has 0 unspecified atom stereocenters. The molecule has 0 saturated heterocycles. The minimum atomic E-state index is -0.253. The molecule has 1 fully saturated rings. The van der Waals surface area contributed by atoms with Crippen LogP contribution in [0.15, 0.2) is 46.5 Å². The summed E-state index contributed by atoms with van der Waals surface area (Å²) in [6, 6.07) is 9.80. The average Bonchev–Trinajstić information content (AvgIpc) is 3.13. The van der Waals surface area contributed by atoms with E-state index < -0.39 is 0 Å². The van der Waals surface area contributed by atoms with Gasteiger partial charge in [-0.3, -0.25) is 9.59 Å². The summed E-state index contributed by atoms with van der Waals surface area (Å²) in [6.45, 7) is 2.26. The third-order valence-electron chi connectivity index (χ3n) is 5.14. The van der Waals surface area contributed by atoms with Crippen LogP contribution in [0.2, 0.25) is 0 Å². The van der Waals surface area contributed by atoms with Gasteiger partial charge in [-0.2, -0.15) is 5.10 Å². The Morgan fingerprint density at radius 3 is 2.75 bits per heavy atom. The van der Waals surface area contributed by atoms with Gasteiger partial charge in [0, 0.05) is 6.04 Å². The van der Waals surface area contributed by atoms with Crippen molar-refractivity contribution >= 4 is 28.7 Å². The Morgan fingerprint density at radius 2 is 2.00 bits per heavy atom. The zero-order valence-corrected chi connectivity index (χ0v) is 16.5. The quantitative estimate of drug-likeness (QED) is 0.510. The molecule has 28 heavy (non-hydrogen) atoms. The molecule has 2 heterocycles. The molecule has 0 radical (unpaired) electrons. The third-order valence-corrected chi connectivity index (χ3v) is 6.01. The number of carbonyl (C=O) groups excluding carboxylic acids is 1. The highest BCUT2D eigenvalue weighted by Crippen LogP contribution is 2.23. The average molecular weight is 398 g/mol. The number of thioether (sulfide) groups is 1. The lowest BCUT2D eigenvalue weighted by molar-refractivity contribution is -0.119. The highest BCUT2D eigenvalue weighted by molar-refractivity contribution is 7.99. The van der Waals surface area contributed by atoms with Crippen LogP contribution in [0.1, 0.15) is 32.6 Å². The van der Waals surface area contributed by atoms with Crippen molar-refractivity contribution in [1.29, 1.82) is 0 Å². The first-order chi connectivity index (χ1) is 13.6. The number of aromatic amines is 1. The molecule has 8 heteroatoms. The van der Waals surface area contributed by atoms with Gasteiger partial charge in [-0.15, -0.1) is 0 Å². The first kappa shape index (κ1) is 18.7. The molecule has 3 aromatic rings. The van der Waals surface area contributed by atoms with Crippen LogP contribution in [0.5, 0.6) is 0 Å². The van der Waals surface area contributed by atoms with E-state index in [2.05, 4.69) is 27.3 Å². The van der Waals surface area contributed by atoms with Crippen molar-refractivity contribution in [2.45, 2.75) is 43.8 Å². The number of para-hydroxylation sites is 1. The number of rotatable bonds is 5. The number of carbonyl (C=O) groups is 1. The van der Waals surface area contributed by atoms with Crippen LogP contribution in [0.4, 0.5) is 0 Å². The monoisotopic (exact) mass is 397 g/mol. The van der Waals surface area contributed by atoms with E-state index in [0.29, 0.717) is 16.2 Å². The number of benzene rings is 1. The van der Waals surface area contributed by atoms with Crippen LogP contribution < -0.4 is 10.9 Å². The van der Waals surface area contributed by atoms with Crippen molar-refractivity contribution in [2.75, 3.05) is 5.75 Å². The van der Waals surface area contributed by atoms with Crippen LogP contribution in [0.3, 0.4) is 0 Å². The number of H-pyrrole nitrogens is 1. The number of amides is 1. The smallest absolute Gasteiger partial charge is 0.262 e. The predicted molar refractivity (Wildman–Crippen MR) is 110 cm³/mol. The Kier molecular flexibility index (Phi) is 5.47. The van der Waals surface area contributed by atoms with Crippen molar-refractivity contribution in [3.05, 3.63) is 46.9 Å². The van der Waals surface area contributed by atoms with E-state index in [1.165, 1.54) is 18.0 Å². The lowest BCUT2D eigenvalue weighted by atomic mass is 9.87. The fourth-order valence-electron chi connectivity index (χ4n) is 3.53. The van der Waals surface area contributed by atoms with Crippen LogP contribution in [-0.2, 0) is 4.79 Å². The normalized spacial score (nSPS) is 19.6. The molecule has 1 aromatic carbocycles. The molecule has 1 aliphatic carbocycles. The van der Waals surface area contributed by atoms with Gasteiger partial charge in [-0.1, -0.05) is 36.9 Å². The van der Waals surface area contributed by atoms with E-state index in [1.807, 2.05) is 30.3 Å². The maximum Gasteiger partial charge on any atom is 0.262 e. The lowest BCUT2D eigenvalue weighted by Crippen LogP contribution is -2.38. The number of nitrogens with zero attached hydrogens (tertiary/aromatic N) is 3. The molecule has 146 valence electrons. The molecule has 2 aromatic heterocycles. The van der Waals surface area contributed by atoms with E-state index in [4.69, 9.17) is 0 Å². The highest BCUT2D eigenvalue weighted by Gasteiger charge is 2.20. The van der Waals surface area contributed by atoms with Gasteiger partial charge in [0.15, 0.2) is 10.8 Å². The van der Waals surface area contributed by atoms with E-state index in [-0.39, 0.29) is 23.3 Å². The first-order valence-electron chi connectivity index (χ1n) is 9.56. The number of nitrogens with one attached hydrogen (secondary N) is 2. The van der Waals surface area contributed by atoms with E-state index in [0.717, 1.165) is 37.3 Å². The summed E-state index contributed by atoms with van der Waals surface area (Å²) in [4.78, 5) is 31.9. The summed E-state index contributed by atoms with van der Waals surface area (Å²) in [7, 11) is 0. The van der Waals surface area contributed by atoms with Gasteiger partial charge in [-0.25, -0.2) is 9.67 Å². The summed E-state index contributed by atoms with van der Waals surface area (Å²) in [6.07, 6.45) is 5.91. The molecule has 0 atom stereocenters. The van der Waals surface area contributed by atoms with Crippen molar-refractivity contribution in [1.82, 2.24) is 25.1 Å². The van der Waals surface area contributed by atoms with Gasteiger partial charge in [0.05, 0.1) is 17.6 Å². The SMILES string of the molecule is CC1CCC(NC(=O)CSc2nc3c(cnn3-c3ccccc3)c(=O)[nH]2)CC1. The second-order valence-corrected chi connectivity index (χ2v) is 8.28. The summed E-state index contributed by atoms with van der Waals surface area (Å²) < 4.78 is 1.64. The lowest BCUT2D eigenvalue weighted by Gasteiger charge is -2.26. The van der Waals surface area contributed by atoms with E-state index in [9.17, 15) is 9.59 Å². The maximum absolute atomic E-state index is 12.4. The van der Waals surface area contributed by atoms with Gasteiger partial charge in [0.25, 0.3) is 5.56 Å². The van der Waals surface area contributed by atoms with E-state index >= 15 is 0 Å². The fraction of sp³-hybridized carbons (Fsp3) is 0.400. The van der Waals surface area contributed by atoms with Crippen molar-refractivity contribution in [3.8, 4) is 5.69 Å². The summed E-state index contributed by atoms with van der Waals surface area (Å²) in [5.41, 5.74) is 1.06. The molecule has 0 bridgehead atoms. The second-order valence-electron chi connectivity index (χ2n) is 7.31. The minimum Gasteiger partial charge on any atom is -0.353 e. The molecule has 4 rings (SSSR count). The number of hydrogen-bond acceptors (Lipinski definition) is 5. The summed E-state index contributed by atoms with van der Waals surface area (Å²) in [5, 5.41) is 8.23. The van der Waals surface area contributed by atoms with Crippen LogP contribution in [0, 0.1) is 5.92 Å². The first-order valence-corrected chi connectivity index (χ1v) is 10.5. The highest BCUT2D eigenvalue weighted by atomic mass is 32.2. The standard InChI is InChI=1S/C20H23N5O2S/c1-13-7-9-14(10-8-13)22-17(26)12-28-20-23-18-16(19(27)24-20)11-21-25(18)15-5-3-2-4-6-15/h2-6,11,13-14H,7-10,12H2,1H3,(H,22,26)(H,23,24,27). The Bertz CT molecular complexity index is 1020. The summed E-state index contributed by atoms with van der Waals surface area (Å²) in [5.74, 6) is 0.946. The number of aromatic nitrogens is 4. The van der Waals surface area contributed by atoms with Gasteiger partial charge in [0.2, 0.25) is 5.91 Å². The Balaban J connectivity index is 1.47. The number of hydrogen-bond donors (Lipinski definition) is 2. The maximum atomic E-state index is 12.4. The zero-order valence-electron chi connectivity index (χ0n) is 15.7. The van der Waals surface area contributed by atoms with Crippen molar-refractivity contribution in [2.24, 2.45) is 5.92 Å². The molecule has 0 spiro atoms. The van der Waals surface area contributed by atoms with Crippen LogP contribution in [0.25, 0.3) is 16.7 Å². The third kappa shape index (κ3) is 4.11. The second kappa shape index (κ2) is 8.18. The van der Waals surface area contributed by atoms with Crippen molar-refractivity contribution < 1.29 is 4.79 Å². The Hall–Kier alpha value is -2.61. The van der Waals surface area contributed by atoms with Crippen LogP contribution in [-0.4, -0.2) is 37.5 Å². The van der Waals surface area contributed by atoms with Gasteiger partial charge >= 0.3 is 0 Å². The molecule has 1 amide bonds. The zero-order chi connectivity index (χ0) is 19.5. The Morgan fingerprint density at radius 1 is 1.25 bits per heavy atom. The molecule has 0 aliphatic heterocycles. The predicted octanol–water partition coefficient (Wildman–Crippen LogP) is 2.90. The number of fused-ring (bicyclic) bond motifs is 1. The topological polar surface area (TPSA) is 92.7 Å². The molecule has 1 saturated carbocycles. The Labute approximate surface area is 166 Å². The largest absolute Gasteiger partial charge is 0.353 e. The molecular weight excluding hydrogens is 374 g/mol. The fourth-order valence-corrected chi connectivity index (χ4v) is 4.20. The molecule has 1 aliphatic rings. The minimum absolute atomic E-state index is 0.0242. The van der Waals surface area contributed by atoms with Gasteiger partial charge in [0.1, 0.15) is 5.39 Å². The van der Waals surface area contributed by atoms with Crippen molar-refractivity contribution in [3.63, 3.8) is 0 Å². The summed E-state index contributed by atoms with van der Waals surface area (Å²) >= 11 is 1.23. The molecule has 2 N–H and O–H groups in total. The molecule has 7 nitrogen and oxygen atoms in total. The van der Waals surface area contributed by atoms with Gasteiger partial charge < -0.3 is 10.3 Å².